The molecule has 0 aliphatic carbocycles. The van der Waals surface area contributed by atoms with E-state index in [1.54, 1.807) is 36.0 Å². The van der Waals surface area contributed by atoms with Gasteiger partial charge in [-0.1, -0.05) is 18.2 Å². The normalized spacial score (nSPS) is 24.2. The van der Waals surface area contributed by atoms with Crippen LogP contribution in [-0.4, -0.2) is 32.9 Å². The average molecular weight is 256 g/mol. The lowest BCUT2D eigenvalue weighted by atomic mass is 10.2. The standard InChI is InChI=1S/C11H12O3S2/c12-11(9-4-2-1-3-5-9)14-8-10-15-6-7-16(10)13/h1-5,10H,6-8H2/t10-,16?/m0/s1. The van der Waals surface area contributed by atoms with E-state index in [0.717, 1.165) is 5.75 Å². The van der Waals surface area contributed by atoms with Crippen LogP contribution in [0, 0.1) is 0 Å². The minimum Gasteiger partial charge on any atom is -0.460 e. The number of hydrogen-bond acceptors (Lipinski definition) is 4. The molecule has 2 atom stereocenters. The maximum atomic E-state index is 11.6. The van der Waals surface area contributed by atoms with E-state index in [0.29, 0.717) is 11.3 Å². The number of thioether (sulfide) groups is 1. The highest BCUT2D eigenvalue weighted by Crippen LogP contribution is 2.23. The molecule has 1 aliphatic heterocycles. The molecule has 0 aromatic heterocycles. The van der Waals surface area contributed by atoms with Crippen LogP contribution in [0.3, 0.4) is 0 Å². The zero-order valence-corrected chi connectivity index (χ0v) is 10.3. The van der Waals surface area contributed by atoms with Gasteiger partial charge in [0.2, 0.25) is 0 Å². The molecule has 0 saturated carbocycles. The highest BCUT2D eigenvalue weighted by molar-refractivity contribution is 8.14. The van der Waals surface area contributed by atoms with Crippen LogP contribution in [0.4, 0.5) is 0 Å². The zero-order valence-electron chi connectivity index (χ0n) is 8.63. The van der Waals surface area contributed by atoms with Gasteiger partial charge in [-0.15, -0.1) is 11.8 Å². The summed E-state index contributed by atoms with van der Waals surface area (Å²) in [6.07, 6.45) is 0. The van der Waals surface area contributed by atoms with Gasteiger partial charge in [0.05, 0.1) is 5.56 Å². The van der Waals surface area contributed by atoms with E-state index >= 15 is 0 Å². The van der Waals surface area contributed by atoms with Gasteiger partial charge in [0, 0.05) is 22.3 Å². The van der Waals surface area contributed by atoms with Crippen molar-refractivity contribution in [3.05, 3.63) is 35.9 Å². The van der Waals surface area contributed by atoms with Crippen LogP contribution in [-0.2, 0) is 15.5 Å². The number of carbonyl (C=O) groups excluding carboxylic acids is 1. The third-order valence-electron chi connectivity index (χ3n) is 2.24. The predicted molar refractivity (Wildman–Crippen MR) is 66.0 cm³/mol. The summed E-state index contributed by atoms with van der Waals surface area (Å²) in [4.78, 5) is 11.6. The Labute approximate surface area is 101 Å². The van der Waals surface area contributed by atoms with Gasteiger partial charge in [-0.3, -0.25) is 4.21 Å². The minimum atomic E-state index is -0.848. The fourth-order valence-corrected chi connectivity index (χ4v) is 4.53. The summed E-state index contributed by atoms with van der Waals surface area (Å²) in [5.41, 5.74) is 0.538. The molecule has 0 radical (unpaired) electrons. The van der Waals surface area contributed by atoms with Crippen LogP contribution in [0.2, 0.25) is 0 Å². The first-order valence-electron chi connectivity index (χ1n) is 4.98. The van der Waals surface area contributed by atoms with Crippen molar-refractivity contribution in [3.63, 3.8) is 0 Å². The van der Waals surface area contributed by atoms with Crippen molar-refractivity contribution >= 4 is 28.5 Å². The Morgan fingerprint density at radius 2 is 2.19 bits per heavy atom. The van der Waals surface area contributed by atoms with E-state index in [1.807, 2.05) is 6.07 Å². The molecule has 16 heavy (non-hydrogen) atoms. The number of ether oxygens (including phenoxy) is 1. The number of rotatable bonds is 3. The molecular formula is C11H12O3S2. The molecule has 3 nitrogen and oxygen atoms in total. The van der Waals surface area contributed by atoms with Crippen LogP contribution < -0.4 is 0 Å². The third-order valence-corrected chi connectivity index (χ3v) is 5.83. The number of carbonyl (C=O) groups is 1. The fraction of sp³-hybridized carbons (Fsp3) is 0.364. The second-order valence-corrected chi connectivity index (χ2v) is 6.70. The largest absolute Gasteiger partial charge is 0.460 e. The molecule has 1 aromatic carbocycles. The molecule has 0 spiro atoms. The lowest BCUT2D eigenvalue weighted by Gasteiger charge is -2.08. The summed E-state index contributed by atoms with van der Waals surface area (Å²) >= 11 is 1.61. The van der Waals surface area contributed by atoms with Crippen molar-refractivity contribution in [1.82, 2.24) is 0 Å². The summed E-state index contributed by atoms with van der Waals surface area (Å²) in [5.74, 6) is 1.25. The topological polar surface area (TPSA) is 43.4 Å². The van der Waals surface area contributed by atoms with Crippen LogP contribution in [0.5, 0.6) is 0 Å². The van der Waals surface area contributed by atoms with Gasteiger partial charge in [-0.25, -0.2) is 4.79 Å². The molecule has 1 heterocycles. The van der Waals surface area contributed by atoms with E-state index in [1.165, 1.54) is 0 Å². The van der Waals surface area contributed by atoms with E-state index in [2.05, 4.69) is 0 Å². The highest BCUT2D eigenvalue weighted by Gasteiger charge is 2.25. The lowest BCUT2D eigenvalue weighted by molar-refractivity contribution is 0.0523. The van der Waals surface area contributed by atoms with Gasteiger partial charge < -0.3 is 4.74 Å². The molecule has 0 N–H and O–H groups in total. The van der Waals surface area contributed by atoms with Crippen molar-refractivity contribution < 1.29 is 13.7 Å². The second kappa shape index (κ2) is 5.50. The smallest absolute Gasteiger partial charge is 0.338 e. The maximum Gasteiger partial charge on any atom is 0.338 e. The van der Waals surface area contributed by atoms with Gasteiger partial charge in [-0.05, 0) is 12.1 Å². The molecule has 1 aromatic rings. The summed E-state index contributed by atoms with van der Waals surface area (Å²) in [6.45, 7) is 0.241. The molecule has 0 amide bonds. The average Bonchev–Trinajstić information content (AvgIpc) is 2.73. The Morgan fingerprint density at radius 1 is 1.44 bits per heavy atom. The Bertz CT molecular complexity index is 391. The molecule has 86 valence electrons. The van der Waals surface area contributed by atoms with Crippen LogP contribution in [0.1, 0.15) is 10.4 Å². The van der Waals surface area contributed by atoms with Gasteiger partial charge in [0.15, 0.2) is 0 Å². The van der Waals surface area contributed by atoms with Gasteiger partial charge in [-0.2, -0.15) is 0 Å². The molecular weight excluding hydrogens is 244 g/mol. The van der Waals surface area contributed by atoms with E-state index in [-0.39, 0.29) is 17.2 Å². The van der Waals surface area contributed by atoms with E-state index < -0.39 is 10.8 Å². The number of benzene rings is 1. The number of esters is 1. The second-order valence-electron chi connectivity index (χ2n) is 3.35. The first-order chi connectivity index (χ1) is 7.77. The monoisotopic (exact) mass is 256 g/mol. The van der Waals surface area contributed by atoms with Crippen molar-refractivity contribution in [2.24, 2.45) is 0 Å². The predicted octanol–water partition coefficient (Wildman–Crippen LogP) is 1.66. The van der Waals surface area contributed by atoms with Gasteiger partial charge in [0.25, 0.3) is 0 Å². The third kappa shape index (κ3) is 2.86. The first kappa shape index (κ1) is 11.7. The zero-order chi connectivity index (χ0) is 11.4. The Morgan fingerprint density at radius 3 is 2.81 bits per heavy atom. The Hall–Kier alpha value is -0.810. The molecule has 2 rings (SSSR count). The van der Waals surface area contributed by atoms with Crippen molar-refractivity contribution in [1.29, 1.82) is 0 Å². The van der Waals surface area contributed by atoms with E-state index in [4.69, 9.17) is 4.74 Å². The van der Waals surface area contributed by atoms with Crippen molar-refractivity contribution in [2.75, 3.05) is 18.1 Å². The summed E-state index contributed by atoms with van der Waals surface area (Å²) < 4.78 is 16.5. The highest BCUT2D eigenvalue weighted by atomic mass is 32.2. The molecule has 1 saturated heterocycles. The Kier molecular flexibility index (Phi) is 4.01. The SMILES string of the molecule is O=C(OC[C@H]1SCCS1=O)c1ccccc1. The quantitative estimate of drug-likeness (QED) is 0.772. The molecule has 1 unspecified atom stereocenters. The van der Waals surface area contributed by atoms with Crippen molar-refractivity contribution in [2.45, 2.75) is 4.58 Å². The number of hydrogen-bond donors (Lipinski definition) is 0. The molecule has 1 fully saturated rings. The van der Waals surface area contributed by atoms with Crippen molar-refractivity contribution in [3.8, 4) is 0 Å². The van der Waals surface area contributed by atoms with E-state index in [9.17, 15) is 9.00 Å². The molecule has 1 aliphatic rings. The summed E-state index contributed by atoms with van der Waals surface area (Å²) in [5, 5.41) is 0. The Balaban J connectivity index is 1.87. The van der Waals surface area contributed by atoms with Gasteiger partial charge >= 0.3 is 5.97 Å². The summed E-state index contributed by atoms with van der Waals surface area (Å²) in [7, 11) is -0.848. The maximum absolute atomic E-state index is 11.6. The van der Waals surface area contributed by atoms with Crippen LogP contribution in [0.25, 0.3) is 0 Å². The van der Waals surface area contributed by atoms with Gasteiger partial charge in [0.1, 0.15) is 11.2 Å². The minimum absolute atomic E-state index is 0.0485. The van der Waals surface area contributed by atoms with Crippen LogP contribution >= 0.6 is 11.8 Å². The summed E-state index contributed by atoms with van der Waals surface area (Å²) in [6, 6.07) is 8.85. The van der Waals surface area contributed by atoms with Crippen LogP contribution in [0.15, 0.2) is 30.3 Å². The first-order valence-corrected chi connectivity index (χ1v) is 7.41. The fourth-order valence-electron chi connectivity index (χ4n) is 1.39. The molecule has 0 bridgehead atoms. The lowest BCUT2D eigenvalue weighted by Crippen LogP contribution is -2.17. The molecule has 5 heteroatoms.